The van der Waals surface area contributed by atoms with Crippen LogP contribution in [0.3, 0.4) is 0 Å². The molecular weight excluding hydrogens is 332 g/mol. The summed E-state index contributed by atoms with van der Waals surface area (Å²) in [6.45, 7) is 9.28. The van der Waals surface area contributed by atoms with Gasteiger partial charge in [-0.15, -0.1) is 0 Å². The lowest BCUT2D eigenvalue weighted by Gasteiger charge is -2.20. The summed E-state index contributed by atoms with van der Waals surface area (Å²) in [5.41, 5.74) is 1.87. The molecule has 26 heavy (non-hydrogen) atoms. The summed E-state index contributed by atoms with van der Waals surface area (Å²) in [5.74, 6) is 1.57. The minimum atomic E-state index is -0.494. The highest BCUT2D eigenvalue weighted by Gasteiger charge is 2.15. The molecule has 146 valence electrons. The van der Waals surface area contributed by atoms with Gasteiger partial charge in [0.05, 0.1) is 7.11 Å². The normalized spacial score (nSPS) is 11.7. The molecule has 0 aliphatic heterocycles. The average Bonchev–Trinajstić information content (AvgIpc) is 2.55. The number of nitrogens with one attached hydrogen (secondary N) is 3. The van der Waals surface area contributed by atoms with Crippen molar-refractivity contribution in [3.8, 4) is 5.75 Å². The Bertz CT molecular complexity index is 609. The Hall–Kier alpha value is -2.44. The van der Waals surface area contributed by atoms with Gasteiger partial charge in [-0.1, -0.05) is 17.7 Å². The SMILES string of the molecule is CN=C(NCCNC(=O)OC(C)(C)C)NCCc1cc(C)ccc1OC. The van der Waals surface area contributed by atoms with E-state index in [2.05, 4.69) is 33.9 Å². The number of alkyl carbamates (subject to hydrolysis) is 1. The van der Waals surface area contributed by atoms with Crippen molar-refractivity contribution in [2.75, 3.05) is 33.8 Å². The largest absolute Gasteiger partial charge is 0.496 e. The fourth-order valence-electron chi connectivity index (χ4n) is 2.30. The van der Waals surface area contributed by atoms with Crippen molar-refractivity contribution in [1.82, 2.24) is 16.0 Å². The van der Waals surface area contributed by atoms with Crippen molar-refractivity contribution in [3.63, 3.8) is 0 Å². The summed E-state index contributed by atoms with van der Waals surface area (Å²) in [4.78, 5) is 15.7. The van der Waals surface area contributed by atoms with Gasteiger partial charge in [-0.05, 0) is 45.7 Å². The van der Waals surface area contributed by atoms with Gasteiger partial charge in [-0.2, -0.15) is 0 Å². The molecule has 3 N–H and O–H groups in total. The Kier molecular flexibility index (Phi) is 8.75. The maximum absolute atomic E-state index is 11.6. The summed E-state index contributed by atoms with van der Waals surface area (Å²) < 4.78 is 10.6. The van der Waals surface area contributed by atoms with Crippen LogP contribution < -0.4 is 20.7 Å². The fourth-order valence-corrected chi connectivity index (χ4v) is 2.30. The summed E-state index contributed by atoms with van der Waals surface area (Å²) in [5, 5.41) is 9.10. The number of nitrogens with zero attached hydrogens (tertiary/aromatic N) is 1. The first-order valence-corrected chi connectivity index (χ1v) is 8.80. The number of hydrogen-bond acceptors (Lipinski definition) is 4. The molecule has 1 aromatic carbocycles. The number of aliphatic imine (C=N–C) groups is 1. The minimum absolute atomic E-state index is 0.422. The van der Waals surface area contributed by atoms with E-state index in [1.165, 1.54) is 5.56 Å². The average molecular weight is 364 g/mol. The lowest BCUT2D eigenvalue weighted by Crippen LogP contribution is -2.43. The van der Waals surface area contributed by atoms with Gasteiger partial charge in [0, 0.05) is 26.7 Å². The van der Waals surface area contributed by atoms with Crippen molar-refractivity contribution in [2.24, 2.45) is 4.99 Å². The van der Waals surface area contributed by atoms with Gasteiger partial charge >= 0.3 is 6.09 Å². The lowest BCUT2D eigenvalue weighted by atomic mass is 10.1. The molecule has 0 atom stereocenters. The maximum atomic E-state index is 11.6. The predicted octanol–water partition coefficient (Wildman–Crippen LogP) is 2.24. The number of carbonyl (C=O) groups excluding carboxylic acids is 1. The Labute approximate surface area is 156 Å². The number of carbonyl (C=O) groups is 1. The molecule has 1 rings (SSSR count). The summed E-state index contributed by atoms with van der Waals surface area (Å²) in [6.07, 6.45) is 0.399. The molecule has 0 spiro atoms. The third kappa shape index (κ3) is 8.60. The van der Waals surface area contributed by atoms with Gasteiger partial charge in [0.15, 0.2) is 5.96 Å². The standard InChI is InChI=1S/C19H32N4O3/c1-14-7-8-16(25-6)15(13-14)9-10-21-17(20-5)22-11-12-23-18(24)26-19(2,3)4/h7-8,13H,9-12H2,1-6H3,(H,23,24)(H2,20,21,22). The van der Waals surface area contributed by atoms with E-state index in [9.17, 15) is 4.79 Å². The van der Waals surface area contributed by atoms with Gasteiger partial charge in [0.1, 0.15) is 11.4 Å². The van der Waals surface area contributed by atoms with Crippen LogP contribution in [-0.4, -0.2) is 51.4 Å². The van der Waals surface area contributed by atoms with Crippen molar-refractivity contribution in [2.45, 2.75) is 39.7 Å². The summed E-state index contributed by atoms with van der Waals surface area (Å²) >= 11 is 0. The van der Waals surface area contributed by atoms with Gasteiger partial charge in [0.2, 0.25) is 0 Å². The highest BCUT2D eigenvalue weighted by atomic mass is 16.6. The third-order valence-corrected chi connectivity index (χ3v) is 3.43. The molecule has 0 heterocycles. The first kappa shape index (κ1) is 21.6. The van der Waals surface area contributed by atoms with E-state index in [4.69, 9.17) is 9.47 Å². The summed E-state index contributed by atoms with van der Waals surface area (Å²) in [6, 6.07) is 6.15. The van der Waals surface area contributed by atoms with Crippen LogP contribution in [0.2, 0.25) is 0 Å². The molecule has 1 aromatic rings. The maximum Gasteiger partial charge on any atom is 0.407 e. The Morgan fingerprint density at radius 3 is 2.38 bits per heavy atom. The smallest absolute Gasteiger partial charge is 0.407 e. The molecule has 0 aliphatic rings. The number of ether oxygens (including phenoxy) is 2. The molecule has 0 fully saturated rings. The zero-order valence-corrected chi connectivity index (χ0v) is 16.7. The number of hydrogen-bond donors (Lipinski definition) is 3. The zero-order valence-electron chi connectivity index (χ0n) is 16.7. The number of amides is 1. The van der Waals surface area contributed by atoms with E-state index in [1.54, 1.807) is 14.2 Å². The molecule has 7 nitrogen and oxygen atoms in total. The van der Waals surface area contributed by atoms with Crippen LogP contribution in [0.4, 0.5) is 4.79 Å². The Balaban J connectivity index is 2.32. The Morgan fingerprint density at radius 2 is 1.77 bits per heavy atom. The van der Waals surface area contributed by atoms with Crippen LogP contribution >= 0.6 is 0 Å². The second-order valence-electron chi connectivity index (χ2n) is 6.92. The van der Waals surface area contributed by atoms with Crippen LogP contribution in [-0.2, 0) is 11.2 Å². The molecule has 7 heteroatoms. The van der Waals surface area contributed by atoms with Crippen LogP contribution in [0.5, 0.6) is 5.75 Å². The number of guanidine groups is 1. The first-order valence-electron chi connectivity index (χ1n) is 8.80. The zero-order chi connectivity index (χ0) is 19.6. The molecule has 0 unspecified atom stereocenters. The van der Waals surface area contributed by atoms with E-state index < -0.39 is 11.7 Å². The van der Waals surface area contributed by atoms with E-state index in [1.807, 2.05) is 32.9 Å². The van der Waals surface area contributed by atoms with Crippen LogP contribution in [0.1, 0.15) is 31.9 Å². The Morgan fingerprint density at radius 1 is 1.12 bits per heavy atom. The van der Waals surface area contributed by atoms with Crippen LogP contribution in [0.15, 0.2) is 23.2 Å². The number of methoxy groups -OCH3 is 1. The fraction of sp³-hybridized carbons (Fsp3) is 0.579. The number of rotatable bonds is 7. The van der Waals surface area contributed by atoms with Gasteiger partial charge in [-0.25, -0.2) is 4.79 Å². The lowest BCUT2D eigenvalue weighted by molar-refractivity contribution is 0.0529. The summed E-state index contributed by atoms with van der Waals surface area (Å²) in [7, 11) is 3.39. The molecule has 0 aliphatic carbocycles. The van der Waals surface area contributed by atoms with Crippen molar-refractivity contribution < 1.29 is 14.3 Å². The van der Waals surface area contributed by atoms with E-state index in [-0.39, 0.29) is 0 Å². The van der Waals surface area contributed by atoms with Crippen LogP contribution in [0.25, 0.3) is 0 Å². The molecular formula is C19H32N4O3. The van der Waals surface area contributed by atoms with E-state index in [0.29, 0.717) is 19.0 Å². The van der Waals surface area contributed by atoms with Gasteiger partial charge in [0.25, 0.3) is 0 Å². The third-order valence-electron chi connectivity index (χ3n) is 3.43. The molecule has 0 radical (unpaired) electrons. The van der Waals surface area contributed by atoms with E-state index in [0.717, 1.165) is 24.3 Å². The second kappa shape index (κ2) is 10.5. The molecule has 0 aromatic heterocycles. The van der Waals surface area contributed by atoms with Crippen molar-refractivity contribution in [1.29, 1.82) is 0 Å². The minimum Gasteiger partial charge on any atom is -0.496 e. The number of benzene rings is 1. The second-order valence-corrected chi connectivity index (χ2v) is 6.92. The van der Waals surface area contributed by atoms with Gasteiger partial charge in [-0.3, -0.25) is 4.99 Å². The molecule has 1 amide bonds. The highest BCUT2D eigenvalue weighted by Crippen LogP contribution is 2.19. The molecule has 0 saturated heterocycles. The number of aryl methyl sites for hydroxylation is 1. The van der Waals surface area contributed by atoms with Gasteiger partial charge < -0.3 is 25.4 Å². The van der Waals surface area contributed by atoms with E-state index >= 15 is 0 Å². The topological polar surface area (TPSA) is 84.0 Å². The monoisotopic (exact) mass is 364 g/mol. The molecule has 0 saturated carbocycles. The van der Waals surface area contributed by atoms with Crippen LogP contribution in [0, 0.1) is 6.92 Å². The quantitative estimate of drug-likeness (QED) is 0.393. The first-order chi connectivity index (χ1) is 12.2. The van der Waals surface area contributed by atoms with Crippen molar-refractivity contribution in [3.05, 3.63) is 29.3 Å². The van der Waals surface area contributed by atoms with Crippen molar-refractivity contribution >= 4 is 12.1 Å². The molecule has 0 bridgehead atoms. The predicted molar refractivity (Wildman–Crippen MR) is 105 cm³/mol. The highest BCUT2D eigenvalue weighted by molar-refractivity contribution is 5.79.